The molecule has 0 aliphatic heterocycles. The number of rotatable bonds is 6. The van der Waals surface area contributed by atoms with E-state index in [4.69, 9.17) is 5.73 Å². The van der Waals surface area contributed by atoms with Gasteiger partial charge in [-0.1, -0.05) is 20.8 Å². The van der Waals surface area contributed by atoms with Crippen LogP contribution in [0.1, 0.15) is 32.9 Å². The maximum Gasteiger partial charge on any atom is 0.231 e. The van der Waals surface area contributed by atoms with Crippen LogP contribution in [0.15, 0.2) is 5.38 Å². The van der Waals surface area contributed by atoms with E-state index in [2.05, 4.69) is 15.6 Å². The van der Waals surface area contributed by atoms with Crippen molar-refractivity contribution < 1.29 is 9.59 Å². The molecule has 0 aromatic carbocycles. The molecule has 0 bridgehead atoms. The lowest BCUT2D eigenvalue weighted by atomic mass is 9.96. The number of nitrogens with zero attached hydrogens (tertiary/aromatic N) is 1. The van der Waals surface area contributed by atoms with Crippen LogP contribution in [0.5, 0.6) is 0 Å². The number of nitrogens with one attached hydrogen (secondary N) is 2. The van der Waals surface area contributed by atoms with Gasteiger partial charge in [0, 0.05) is 17.3 Å². The molecule has 0 unspecified atom stereocenters. The number of nitrogens with two attached hydrogens (primary N) is 1. The van der Waals surface area contributed by atoms with Gasteiger partial charge in [0.05, 0.1) is 12.1 Å². The van der Waals surface area contributed by atoms with Crippen molar-refractivity contribution >= 4 is 53.1 Å². The van der Waals surface area contributed by atoms with Gasteiger partial charge in [-0.3, -0.25) is 9.59 Å². The number of aromatic nitrogens is 1. The zero-order valence-corrected chi connectivity index (χ0v) is 15.4. The molecular weight excluding hydrogens is 347 g/mol. The van der Waals surface area contributed by atoms with Crippen LogP contribution in [0.2, 0.25) is 0 Å². The van der Waals surface area contributed by atoms with Crippen molar-refractivity contribution in [3.63, 3.8) is 0 Å². The Kier molecular flexibility index (Phi) is 11.4. The quantitative estimate of drug-likeness (QED) is 0.666. The lowest BCUT2D eigenvalue weighted by Crippen LogP contribution is -2.28. The SMILES string of the molecule is CC(C)(C)C(=O)Nc1nc(CC(=O)NCCCN)cs1.Cl.Cl. The molecular formula is C13H24Cl2N4O2S. The van der Waals surface area contributed by atoms with Crippen LogP contribution in [0.4, 0.5) is 5.13 Å². The van der Waals surface area contributed by atoms with E-state index in [1.807, 2.05) is 20.8 Å². The van der Waals surface area contributed by atoms with Gasteiger partial charge in [0.15, 0.2) is 5.13 Å². The highest BCUT2D eigenvalue weighted by Crippen LogP contribution is 2.20. The zero-order chi connectivity index (χ0) is 15.2. The van der Waals surface area contributed by atoms with Crippen molar-refractivity contribution in [1.29, 1.82) is 0 Å². The molecule has 128 valence electrons. The Hall–Kier alpha value is -0.890. The van der Waals surface area contributed by atoms with Crippen molar-refractivity contribution in [3.05, 3.63) is 11.1 Å². The second-order valence-corrected chi connectivity index (χ2v) is 6.38. The molecule has 1 rings (SSSR count). The summed E-state index contributed by atoms with van der Waals surface area (Å²) in [7, 11) is 0. The van der Waals surface area contributed by atoms with Crippen LogP contribution < -0.4 is 16.4 Å². The minimum atomic E-state index is -0.467. The number of hydrogen-bond donors (Lipinski definition) is 3. The summed E-state index contributed by atoms with van der Waals surface area (Å²) < 4.78 is 0. The lowest BCUT2D eigenvalue weighted by Gasteiger charge is -2.15. The molecule has 9 heteroatoms. The average Bonchev–Trinajstić information content (AvgIpc) is 2.75. The average molecular weight is 371 g/mol. The summed E-state index contributed by atoms with van der Waals surface area (Å²) in [5.41, 5.74) is 5.54. The van der Waals surface area contributed by atoms with Crippen LogP contribution >= 0.6 is 36.2 Å². The number of anilines is 1. The van der Waals surface area contributed by atoms with Crippen LogP contribution in [-0.4, -0.2) is 29.9 Å². The highest BCUT2D eigenvalue weighted by atomic mass is 35.5. The first-order chi connectivity index (χ1) is 9.32. The van der Waals surface area contributed by atoms with E-state index in [1.165, 1.54) is 11.3 Å². The monoisotopic (exact) mass is 370 g/mol. The van der Waals surface area contributed by atoms with Gasteiger partial charge < -0.3 is 16.4 Å². The number of halogens is 2. The summed E-state index contributed by atoms with van der Waals surface area (Å²) in [5.74, 6) is -0.178. The summed E-state index contributed by atoms with van der Waals surface area (Å²) >= 11 is 1.32. The first kappa shape index (κ1) is 23.4. The van der Waals surface area contributed by atoms with E-state index in [0.29, 0.717) is 23.9 Å². The number of thiazole rings is 1. The maximum atomic E-state index is 11.8. The van der Waals surface area contributed by atoms with Crippen LogP contribution in [0, 0.1) is 5.41 Å². The molecule has 0 aliphatic rings. The second kappa shape index (κ2) is 10.8. The number of amides is 2. The highest BCUT2D eigenvalue weighted by molar-refractivity contribution is 7.13. The fourth-order valence-electron chi connectivity index (χ4n) is 1.29. The molecule has 6 nitrogen and oxygen atoms in total. The van der Waals surface area contributed by atoms with Gasteiger partial charge in [0.25, 0.3) is 0 Å². The molecule has 0 atom stereocenters. The Morgan fingerprint density at radius 1 is 1.32 bits per heavy atom. The third-order valence-electron chi connectivity index (χ3n) is 2.50. The second-order valence-electron chi connectivity index (χ2n) is 5.52. The maximum absolute atomic E-state index is 11.8. The fourth-order valence-corrected chi connectivity index (χ4v) is 1.99. The molecule has 0 saturated heterocycles. The molecule has 1 aromatic rings. The van der Waals surface area contributed by atoms with Gasteiger partial charge in [-0.05, 0) is 13.0 Å². The predicted molar refractivity (Wildman–Crippen MR) is 95.1 cm³/mol. The van der Waals surface area contributed by atoms with E-state index in [9.17, 15) is 9.59 Å². The van der Waals surface area contributed by atoms with E-state index in [0.717, 1.165) is 6.42 Å². The smallest absolute Gasteiger partial charge is 0.231 e. The summed E-state index contributed by atoms with van der Waals surface area (Å²) in [5, 5.41) is 7.81. The Morgan fingerprint density at radius 2 is 1.95 bits per heavy atom. The minimum absolute atomic E-state index is 0. The molecule has 1 aromatic heterocycles. The van der Waals surface area contributed by atoms with Gasteiger partial charge in [0.2, 0.25) is 11.8 Å². The molecule has 0 aliphatic carbocycles. The van der Waals surface area contributed by atoms with Crippen molar-refractivity contribution in [3.8, 4) is 0 Å². The summed E-state index contributed by atoms with van der Waals surface area (Å²) in [6.45, 7) is 6.64. The van der Waals surface area contributed by atoms with Gasteiger partial charge in [-0.2, -0.15) is 0 Å². The third kappa shape index (κ3) is 8.53. The van der Waals surface area contributed by atoms with Crippen LogP contribution in [-0.2, 0) is 16.0 Å². The van der Waals surface area contributed by atoms with Crippen LogP contribution in [0.3, 0.4) is 0 Å². The van der Waals surface area contributed by atoms with E-state index in [-0.39, 0.29) is 43.0 Å². The van der Waals surface area contributed by atoms with Crippen molar-refractivity contribution in [2.75, 3.05) is 18.4 Å². The van der Waals surface area contributed by atoms with Crippen LogP contribution in [0.25, 0.3) is 0 Å². The molecule has 22 heavy (non-hydrogen) atoms. The van der Waals surface area contributed by atoms with E-state index in [1.54, 1.807) is 5.38 Å². The molecule has 0 saturated carbocycles. The lowest BCUT2D eigenvalue weighted by molar-refractivity contribution is -0.123. The fraction of sp³-hybridized carbons (Fsp3) is 0.615. The predicted octanol–water partition coefficient (Wildman–Crippen LogP) is 1.98. The van der Waals surface area contributed by atoms with Gasteiger partial charge in [-0.15, -0.1) is 36.2 Å². The molecule has 0 radical (unpaired) electrons. The van der Waals surface area contributed by atoms with Gasteiger partial charge in [0.1, 0.15) is 0 Å². The molecule has 1 heterocycles. The molecule has 0 spiro atoms. The third-order valence-corrected chi connectivity index (χ3v) is 3.30. The van der Waals surface area contributed by atoms with Crippen molar-refractivity contribution in [2.45, 2.75) is 33.6 Å². The summed E-state index contributed by atoms with van der Waals surface area (Å²) in [6.07, 6.45) is 0.974. The molecule has 2 amide bonds. The minimum Gasteiger partial charge on any atom is -0.356 e. The Bertz CT molecular complexity index is 475. The topological polar surface area (TPSA) is 97.1 Å². The number of carbonyl (C=O) groups excluding carboxylic acids is 2. The van der Waals surface area contributed by atoms with Crippen molar-refractivity contribution in [1.82, 2.24) is 10.3 Å². The van der Waals surface area contributed by atoms with Crippen molar-refractivity contribution in [2.24, 2.45) is 11.1 Å². The summed E-state index contributed by atoms with van der Waals surface area (Å²) in [6, 6.07) is 0. The Balaban J connectivity index is 0. The van der Waals surface area contributed by atoms with Gasteiger partial charge >= 0.3 is 0 Å². The standard InChI is InChI=1S/C13H22N4O2S.2ClH/c1-13(2,3)11(19)17-12-16-9(8-20-12)7-10(18)15-6-4-5-14;;/h8H,4-7,14H2,1-3H3,(H,15,18)(H,16,17,19);2*1H. The largest absolute Gasteiger partial charge is 0.356 e. The van der Waals surface area contributed by atoms with E-state index >= 15 is 0 Å². The van der Waals surface area contributed by atoms with Gasteiger partial charge in [-0.25, -0.2) is 4.98 Å². The zero-order valence-electron chi connectivity index (χ0n) is 13.0. The molecule has 4 N–H and O–H groups in total. The number of carbonyl (C=O) groups is 2. The first-order valence-electron chi connectivity index (χ1n) is 6.55. The van der Waals surface area contributed by atoms with E-state index < -0.39 is 5.41 Å². The number of hydrogen-bond acceptors (Lipinski definition) is 5. The first-order valence-corrected chi connectivity index (χ1v) is 7.43. The summed E-state index contributed by atoms with van der Waals surface area (Å²) in [4.78, 5) is 27.6. The Morgan fingerprint density at radius 3 is 2.50 bits per heavy atom. The Labute approximate surface area is 147 Å². The normalized spacial score (nSPS) is 10.2. The highest BCUT2D eigenvalue weighted by Gasteiger charge is 2.22. The molecule has 0 fully saturated rings.